The summed E-state index contributed by atoms with van der Waals surface area (Å²) in [6.07, 6.45) is -1.83. The Hall–Kier alpha value is -3.67. The smallest absolute Gasteiger partial charge is 0.324 e. The molecule has 0 aliphatic heterocycles. The molecule has 7 nitrogen and oxygen atoms in total. The van der Waals surface area contributed by atoms with Gasteiger partial charge in [-0.2, -0.15) is 13.2 Å². The first-order valence-electron chi connectivity index (χ1n) is 9.05. The van der Waals surface area contributed by atoms with Crippen molar-refractivity contribution in [2.45, 2.75) is 22.6 Å². The number of anilines is 1. The molecule has 0 aliphatic carbocycles. The van der Waals surface area contributed by atoms with E-state index >= 15 is 0 Å². The van der Waals surface area contributed by atoms with Gasteiger partial charge >= 0.3 is 11.9 Å². The average molecular weight is 463 g/mol. The van der Waals surface area contributed by atoms with Gasteiger partial charge in [0.1, 0.15) is 17.4 Å². The van der Waals surface area contributed by atoms with Gasteiger partial charge in [-0.15, -0.1) is 5.10 Å². The topological polar surface area (TPSA) is 81.3 Å². The molecule has 1 amide bonds. The predicted octanol–water partition coefficient (Wildman–Crippen LogP) is 3.84. The fraction of sp³-hybridized carbons (Fsp3) is 0.100. The Labute approximate surface area is 181 Å². The van der Waals surface area contributed by atoms with Crippen molar-refractivity contribution in [1.29, 1.82) is 0 Å². The maximum atomic E-state index is 13.4. The number of carbonyl (C=O) groups excluding carboxylic acids is 1. The molecule has 0 atom stereocenters. The number of alkyl halides is 3. The molecule has 4 aromatic rings. The SMILES string of the molecule is O=C(Cn1nc2c(Sc3cccc(F)c3)nccn2c1=O)Nc1cccc(C(F)(F)F)c1. The van der Waals surface area contributed by atoms with Crippen LogP contribution in [-0.2, 0) is 17.5 Å². The number of carbonyl (C=O) groups is 1. The second kappa shape index (κ2) is 8.46. The lowest BCUT2D eigenvalue weighted by atomic mass is 10.2. The van der Waals surface area contributed by atoms with Gasteiger partial charge < -0.3 is 5.32 Å². The molecule has 4 rings (SSSR count). The number of hydrogen-bond donors (Lipinski definition) is 1. The van der Waals surface area contributed by atoms with Crippen LogP contribution in [0.15, 0.2) is 75.6 Å². The van der Waals surface area contributed by atoms with E-state index < -0.39 is 35.7 Å². The summed E-state index contributed by atoms with van der Waals surface area (Å²) in [5.41, 5.74) is -1.46. The number of rotatable bonds is 5. The van der Waals surface area contributed by atoms with E-state index in [1.165, 1.54) is 41.1 Å². The van der Waals surface area contributed by atoms with Crippen LogP contribution in [0.3, 0.4) is 0 Å². The minimum Gasteiger partial charge on any atom is -0.324 e. The fourth-order valence-electron chi connectivity index (χ4n) is 2.85. The molecule has 164 valence electrons. The van der Waals surface area contributed by atoms with E-state index in [0.29, 0.717) is 9.92 Å². The van der Waals surface area contributed by atoms with Crippen LogP contribution in [0.1, 0.15) is 5.56 Å². The highest BCUT2D eigenvalue weighted by Crippen LogP contribution is 2.31. The summed E-state index contributed by atoms with van der Waals surface area (Å²) in [4.78, 5) is 29.6. The van der Waals surface area contributed by atoms with Crippen LogP contribution in [-0.4, -0.2) is 25.1 Å². The van der Waals surface area contributed by atoms with Crippen LogP contribution in [0.2, 0.25) is 0 Å². The standard InChI is InChI=1S/C20H13F4N5O2S/c21-13-4-2-6-15(10-13)32-18-17-27-29(19(31)28(17)8-7-25-18)11-16(30)26-14-5-1-3-12(9-14)20(22,23)24/h1-10H,11H2,(H,26,30). The van der Waals surface area contributed by atoms with Crippen molar-refractivity contribution in [2.75, 3.05) is 5.32 Å². The number of nitrogens with zero attached hydrogens (tertiary/aromatic N) is 4. The van der Waals surface area contributed by atoms with Gasteiger partial charge in [0.05, 0.1) is 5.56 Å². The van der Waals surface area contributed by atoms with Crippen molar-refractivity contribution < 1.29 is 22.4 Å². The Bertz CT molecular complexity index is 1370. The Kier molecular flexibility index (Phi) is 5.70. The highest BCUT2D eigenvalue weighted by atomic mass is 32.2. The number of hydrogen-bond acceptors (Lipinski definition) is 5. The van der Waals surface area contributed by atoms with Gasteiger partial charge in [-0.3, -0.25) is 4.79 Å². The number of fused-ring (bicyclic) bond motifs is 1. The molecular weight excluding hydrogens is 450 g/mol. The van der Waals surface area contributed by atoms with Gasteiger partial charge in [0.2, 0.25) is 5.91 Å². The molecule has 0 bridgehead atoms. The third-order valence-electron chi connectivity index (χ3n) is 4.25. The molecule has 0 unspecified atom stereocenters. The molecule has 2 aromatic carbocycles. The molecular formula is C20H13F4N5O2S. The van der Waals surface area contributed by atoms with Crippen molar-refractivity contribution in [3.05, 3.63) is 82.8 Å². The molecule has 32 heavy (non-hydrogen) atoms. The molecule has 2 aromatic heterocycles. The van der Waals surface area contributed by atoms with Crippen molar-refractivity contribution in [1.82, 2.24) is 19.2 Å². The summed E-state index contributed by atoms with van der Waals surface area (Å²) in [6.45, 7) is -0.527. The Morgan fingerprint density at radius 2 is 1.91 bits per heavy atom. The zero-order valence-electron chi connectivity index (χ0n) is 16.0. The lowest BCUT2D eigenvalue weighted by molar-refractivity contribution is -0.137. The second-order valence-corrected chi connectivity index (χ2v) is 7.61. The first-order chi connectivity index (χ1) is 15.2. The summed E-state index contributed by atoms with van der Waals surface area (Å²) in [5, 5.41) is 6.76. The van der Waals surface area contributed by atoms with Gasteiger partial charge in [-0.05, 0) is 36.4 Å². The maximum absolute atomic E-state index is 13.4. The highest BCUT2D eigenvalue weighted by molar-refractivity contribution is 7.99. The minimum absolute atomic E-state index is 0.0642. The van der Waals surface area contributed by atoms with E-state index in [1.807, 2.05) is 0 Å². The molecule has 0 aliphatic rings. The summed E-state index contributed by atoms with van der Waals surface area (Å²) in [5.74, 6) is -1.17. The van der Waals surface area contributed by atoms with E-state index in [-0.39, 0.29) is 11.3 Å². The summed E-state index contributed by atoms with van der Waals surface area (Å²) < 4.78 is 54.0. The molecule has 1 N–H and O–H groups in total. The monoisotopic (exact) mass is 463 g/mol. The van der Waals surface area contributed by atoms with Crippen LogP contribution in [0.25, 0.3) is 5.65 Å². The van der Waals surface area contributed by atoms with Gasteiger partial charge in [-0.25, -0.2) is 23.3 Å². The van der Waals surface area contributed by atoms with Crippen molar-refractivity contribution in [2.24, 2.45) is 0 Å². The first-order valence-corrected chi connectivity index (χ1v) is 9.87. The molecule has 0 saturated heterocycles. The third-order valence-corrected chi connectivity index (χ3v) is 5.22. The molecule has 0 fully saturated rings. The number of benzene rings is 2. The van der Waals surface area contributed by atoms with Gasteiger partial charge in [0, 0.05) is 23.0 Å². The molecule has 0 radical (unpaired) electrons. The number of amides is 1. The summed E-state index contributed by atoms with van der Waals surface area (Å²) >= 11 is 1.08. The van der Waals surface area contributed by atoms with Crippen molar-refractivity contribution >= 4 is 29.0 Å². The largest absolute Gasteiger partial charge is 0.416 e. The average Bonchev–Trinajstić information content (AvgIpc) is 3.04. The van der Waals surface area contributed by atoms with Crippen LogP contribution in [0.5, 0.6) is 0 Å². The van der Waals surface area contributed by atoms with Crippen LogP contribution in [0.4, 0.5) is 23.2 Å². The van der Waals surface area contributed by atoms with Crippen LogP contribution >= 0.6 is 11.8 Å². The van der Waals surface area contributed by atoms with Gasteiger partial charge in [0.15, 0.2) is 5.65 Å². The minimum atomic E-state index is -4.55. The number of aromatic nitrogens is 4. The number of halogens is 4. The zero-order chi connectivity index (χ0) is 22.9. The van der Waals surface area contributed by atoms with E-state index in [9.17, 15) is 27.2 Å². The van der Waals surface area contributed by atoms with E-state index in [4.69, 9.17) is 0 Å². The Morgan fingerprint density at radius 3 is 2.66 bits per heavy atom. The lowest BCUT2D eigenvalue weighted by Crippen LogP contribution is -2.28. The van der Waals surface area contributed by atoms with E-state index in [2.05, 4.69) is 15.4 Å². The zero-order valence-corrected chi connectivity index (χ0v) is 16.8. The van der Waals surface area contributed by atoms with Crippen LogP contribution in [0, 0.1) is 5.82 Å². The maximum Gasteiger partial charge on any atom is 0.416 e. The lowest BCUT2D eigenvalue weighted by Gasteiger charge is -2.09. The highest BCUT2D eigenvalue weighted by Gasteiger charge is 2.30. The van der Waals surface area contributed by atoms with Crippen molar-refractivity contribution in [3.8, 4) is 0 Å². The summed E-state index contributed by atoms with van der Waals surface area (Å²) in [7, 11) is 0. The Balaban J connectivity index is 1.57. The van der Waals surface area contributed by atoms with Gasteiger partial charge in [-0.1, -0.05) is 23.9 Å². The first kappa shape index (κ1) is 21.6. The molecule has 2 heterocycles. The second-order valence-electron chi connectivity index (χ2n) is 6.55. The predicted molar refractivity (Wildman–Crippen MR) is 108 cm³/mol. The molecule has 0 saturated carbocycles. The normalized spacial score (nSPS) is 11.6. The molecule has 0 spiro atoms. The summed E-state index contributed by atoms with van der Waals surface area (Å²) in [6, 6.07) is 9.93. The van der Waals surface area contributed by atoms with Gasteiger partial charge in [0.25, 0.3) is 0 Å². The molecule has 12 heteroatoms. The number of nitrogens with one attached hydrogen (secondary N) is 1. The van der Waals surface area contributed by atoms with Crippen LogP contribution < -0.4 is 11.0 Å². The van der Waals surface area contributed by atoms with E-state index in [1.54, 1.807) is 6.07 Å². The van der Waals surface area contributed by atoms with E-state index in [0.717, 1.165) is 34.6 Å². The quantitative estimate of drug-likeness (QED) is 0.455. The third kappa shape index (κ3) is 4.64. The fourth-order valence-corrected chi connectivity index (χ4v) is 3.74. The Morgan fingerprint density at radius 1 is 1.12 bits per heavy atom. The van der Waals surface area contributed by atoms with Crippen molar-refractivity contribution in [3.63, 3.8) is 0 Å².